The Hall–Kier alpha value is -1.10. The maximum atomic E-state index is 12.1. The lowest BCUT2D eigenvalue weighted by atomic mass is 10.3. The molecule has 4 nitrogen and oxygen atoms in total. The van der Waals surface area contributed by atoms with Crippen LogP contribution in [-0.2, 0) is 4.79 Å². The summed E-state index contributed by atoms with van der Waals surface area (Å²) < 4.78 is 0.726. The average molecular weight is 328 g/mol. The Morgan fingerprint density at radius 3 is 2.80 bits per heavy atom. The van der Waals surface area contributed by atoms with Gasteiger partial charge in [-0.25, -0.2) is 0 Å². The highest BCUT2D eigenvalue weighted by molar-refractivity contribution is 8.23. The van der Waals surface area contributed by atoms with Gasteiger partial charge in [-0.15, -0.1) is 11.3 Å². The molecule has 20 heavy (non-hydrogen) atoms. The number of hydrogen-bond donors (Lipinski definition) is 1. The summed E-state index contributed by atoms with van der Waals surface area (Å²) >= 11 is 8.04. The van der Waals surface area contributed by atoms with Crippen LogP contribution < -0.4 is 5.32 Å². The quantitative estimate of drug-likeness (QED) is 0.841. The molecule has 0 spiro atoms. The molecule has 0 bridgehead atoms. The summed E-state index contributed by atoms with van der Waals surface area (Å²) in [6.45, 7) is 7.55. The summed E-state index contributed by atoms with van der Waals surface area (Å²) in [5.41, 5.74) is 0.492. The second-order valence-electron chi connectivity index (χ2n) is 3.96. The van der Waals surface area contributed by atoms with Gasteiger partial charge in [-0.3, -0.25) is 4.79 Å². The zero-order chi connectivity index (χ0) is 15.1. The summed E-state index contributed by atoms with van der Waals surface area (Å²) in [5, 5.41) is 13.8. The molecule has 1 aromatic heterocycles. The fraction of sp³-hybridized carbons (Fsp3) is 0.462. The lowest BCUT2D eigenvalue weighted by Crippen LogP contribution is -2.31. The number of carbonyl (C=O) groups is 1. The first kappa shape index (κ1) is 17.0. The molecule has 0 aliphatic carbocycles. The maximum Gasteiger partial charge on any atom is 0.238 e. The Morgan fingerprint density at radius 1 is 1.60 bits per heavy atom. The van der Waals surface area contributed by atoms with Gasteiger partial charge in [0, 0.05) is 13.1 Å². The molecule has 1 amide bonds. The van der Waals surface area contributed by atoms with Gasteiger partial charge in [0.1, 0.15) is 15.4 Å². The van der Waals surface area contributed by atoms with Gasteiger partial charge >= 0.3 is 0 Å². The fourth-order valence-electron chi connectivity index (χ4n) is 1.47. The number of rotatable bonds is 5. The van der Waals surface area contributed by atoms with E-state index in [1.165, 1.54) is 23.1 Å². The van der Waals surface area contributed by atoms with Crippen molar-refractivity contribution in [3.05, 3.63) is 17.0 Å². The molecule has 1 N–H and O–H groups in total. The van der Waals surface area contributed by atoms with Crippen LogP contribution in [0.3, 0.4) is 0 Å². The number of anilines is 1. The topological polar surface area (TPSA) is 56.1 Å². The van der Waals surface area contributed by atoms with Gasteiger partial charge in [0.15, 0.2) is 0 Å². The first-order valence-corrected chi connectivity index (χ1v) is 8.44. The molecule has 0 saturated heterocycles. The van der Waals surface area contributed by atoms with Crippen LogP contribution in [0.15, 0.2) is 11.4 Å². The number of amides is 1. The van der Waals surface area contributed by atoms with E-state index in [1.54, 1.807) is 11.4 Å². The maximum absolute atomic E-state index is 12.1. The van der Waals surface area contributed by atoms with Crippen LogP contribution in [0.2, 0.25) is 0 Å². The molecule has 1 rings (SSSR count). The smallest absolute Gasteiger partial charge is 0.238 e. The SMILES string of the molecule is CCN(CC)C(=S)S[C@H](C)C(=O)Nc1sccc1C#N. The van der Waals surface area contributed by atoms with Crippen molar-refractivity contribution in [3.63, 3.8) is 0 Å². The molecule has 0 saturated carbocycles. The van der Waals surface area contributed by atoms with Crippen molar-refractivity contribution in [1.82, 2.24) is 4.90 Å². The van der Waals surface area contributed by atoms with E-state index in [0.717, 1.165) is 17.4 Å². The van der Waals surface area contributed by atoms with Crippen LogP contribution in [0.4, 0.5) is 5.00 Å². The first-order chi connectivity index (χ1) is 9.53. The molecule has 0 unspecified atom stereocenters. The van der Waals surface area contributed by atoms with Gasteiger partial charge in [-0.05, 0) is 32.2 Å². The Kier molecular flexibility index (Phi) is 6.99. The number of nitrogens with one attached hydrogen (secondary N) is 1. The predicted octanol–water partition coefficient (Wildman–Crippen LogP) is 3.31. The molecule has 0 radical (unpaired) electrons. The molecule has 0 aliphatic heterocycles. The molecule has 1 aromatic rings. The Balaban J connectivity index is 2.60. The van der Waals surface area contributed by atoms with Gasteiger partial charge in [0.25, 0.3) is 0 Å². The molecule has 0 aromatic carbocycles. The van der Waals surface area contributed by atoms with Gasteiger partial charge < -0.3 is 10.2 Å². The largest absolute Gasteiger partial charge is 0.358 e. The number of carbonyl (C=O) groups excluding carboxylic acids is 1. The standard InChI is InChI=1S/C13H17N3OS3/c1-4-16(5-2)13(18)20-9(3)11(17)15-12-10(8-14)6-7-19-12/h6-7,9H,4-5H2,1-3H3,(H,15,17)/t9-/m1/s1. The van der Waals surface area contributed by atoms with Crippen molar-refractivity contribution in [2.75, 3.05) is 18.4 Å². The van der Waals surface area contributed by atoms with Crippen molar-refractivity contribution in [1.29, 1.82) is 5.26 Å². The number of nitrogens with zero attached hydrogens (tertiary/aromatic N) is 2. The Morgan fingerprint density at radius 2 is 2.25 bits per heavy atom. The van der Waals surface area contributed by atoms with Crippen LogP contribution in [0, 0.1) is 11.3 Å². The van der Waals surface area contributed by atoms with E-state index >= 15 is 0 Å². The lowest BCUT2D eigenvalue weighted by molar-refractivity contribution is -0.115. The summed E-state index contributed by atoms with van der Waals surface area (Å²) in [6, 6.07) is 3.75. The molecule has 0 aliphatic rings. The average Bonchev–Trinajstić information content (AvgIpc) is 2.87. The minimum atomic E-state index is -0.295. The van der Waals surface area contributed by atoms with Gasteiger partial charge in [-0.2, -0.15) is 5.26 Å². The van der Waals surface area contributed by atoms with E-state index in [0.29, 0.717) is 10.6 Å². The number of hydrogen-bond acceptors (Lipinski definition) is 5. The molecular weight excluding hydrogens is 310 g/mol. The van der Waals surface area contributed by atoms with Crippen molar-refractivity contribution >= 4 is 50.5 Å². The van der Waals surface area contributed by atoms with Crippen molar-refractivity contribution < 1.29 is 4.79 Å². The van der Waals surface area contributed by atoms with E-state index in [-0.39, 0.29) is 11.2 Å². The van der Waals surface area contributed by atoms with Gasteiger partial charge in [-0.1, -0.05) is 24.0 Å². The molecule has 0 fully saturated rings. The third-order valence-corrected chi connectivity index (χ3v) is 5.10. The third kappa shape index (κ3) is 4.47. The van der Waals surface area contributed by atoms with Crippen LogP contribution in [0.1, 0.15) is 26.3 Å². The Labute approximate surface area is 133 Å². The number of thiocarbonyl (C=S) groups is 1. The van der Waals surface area contributed by atoms with Gasteiger partial charge in [0.2, 0.25) is 5.91 Å². The van der Waals surface area contributed by atoms with E-state index in [1.807, 2.05) is 25.7 Å². The fourth-order valence-corrected chi connectivity index (χ4v) is 3.78. The monoisotopic (exact) mass is 327 g/mol. The highest BCUT2D eigenvalue weighted by atomic mass is 32.2. The van der Waals surface area contributed by atoms with Crippen LogP contribution in [-0.4, -0.2) is 33.5 Å². The van der Waals surface area contributed by atoms with Crippen molar-refractivity contribution in [3.8, 4) is 6.07 Å². The summed E-state index contributed by atoms with van der Waals surface area (Å²) in [7, 11) is 0. The van der Waals surface area contributed by atoms with Crippen molar-refractivity contribution in [2.45, 2.75) is 26.0 Å². The normalized spacial score (nSPS) is 11.5. The minimum absolute atomic E-state index is 0.136. The molecule has 1 atom stereocenters. The van der Waals surface area contributed by atoms with Crippen LogP contribution >= 0.6 is 35.3 Å². The van der Waals surface area contributed by atoms with Gasteiger partial charge in [0.05, 0.1) is 10.8 Å². The minimum Gasteiger partial charge on any atom is -0.358 e. The molecule has 7 heteroatoms. The second kappa shape index (κ2) is 8.25. The van der Waals surface area contributed by atoms with Crippen LogP contribution in [0.25, 0.3) is 0 Å². The summed E-state index contributed by atoms with van der Waals surface area (Å²) in [4.78, 5) is 14.1. The number of thioether (sulfide) groups is 1. The zero-order valence-electron chi connectivity index (χ0n) is 11.7. The highest BCUT2D eigenvalue weighted by Gasteiger charge is 2.19. The van der Waals surface area contributed by atoms with E-state index in [9.17, 15) is 4.79 Å². The second-order valence-corrected chi connectivity index (χ2v) is 6.85. The molecule has 1 heterocycles. The molecular formula is C13H17N3OS3. The van der Waals surface area contributed by atoms with Crippen LogP contribution in [0.5, 0.6) is 0 Å². The highest BCUT2D eigenvalue weighted by Crippen LogP contribution is 2.24. The predicted molar refractivity (Wildman–Crippen MR) is 90.2 cm³/mol. The number of thiophene rings is 1. The lowest BCUT2D eigenvalue weighted by Gasteiger charge is -2.22. The zero-order valence-corrected chi connectivity index (χ0v) is 14.1. The Bertz CT molecular complexity index is 517. The summed E-state index contributed by atoms with van der Waals surface area (Å²) in [6.07, 6.45) is 0. The van der Waals surface area contributed by atoms with E-state index < -0.39 is 0 Å². The number of nitriles is 1. The first-order valence-electron chi connectivity index (χ1n) is 6.27. The third-order valence-electron chi connectivity index (χ3n) is 2.69. The summed E-state index contributed by atoms with van der Waals surface area (Å²) in [5.74, 6) is -0.136. The van der Waals surface area contributed by atoms with E-state index in [4.69, 9.17) is 17.5 Å². The van der Waals surface area contributed by atoms with Crippen molar-refractivity contribution in [2.24, 2.45) is 0 Å². The molecule has 108 valence electrons. The van der Waals surface area contributed by atoms with E-state index in [2.05, 4.69) is 11.4 Å².